The van der Waals surface area contributed by atoms with Crippen LogP contribution in [0.25, 0.3) is 0 Å². The first-order valence-electron chi connectivity index (χ1n) is 7.44. The van der Waals surface area contributed by atoms with E-state index in [0.717, 1.165) is 16.0 Å². The number of carboxylic acid groups (broad SMARTS) is 1. The van der Waals surface area contributed by atoms with E-state index in [4.69, 9.17) is 11.6 Å². The lowest BCUT2D eigenvalue weighted by molar-refractivity contribution is 0.0693. The Morgan fingerprint density at radius 3 is 2.08 bits per heavy atom. The predicted octanol–water partition coefficient (Wildman–Crippen LogP) is 5.92. The van der Waals surface area contributed by atoms with Crippen molar-refractivity contribution in [2.75, 3.05) is 0 Å². The summed E-state index contributed by atoms with van der Waals surface area (Å²) in [5.74, 6) is -0.916. The van der Waals surface area contributed by atoms with E-state index in [0.29, 0.717) is 10.6 Å². The Morgan fingerprint density at radius 1 is 0.833 bits per heavy atom. The zero-order valence-corrected chi connectivity index (χ0v) is 14.3. The molecule has 0 aliphatic carbocycles. The van der Waals surface area contributed by atoms with E-state index in [1.165, 1.54) is 11.8 Å². The summed E-state index contributed by atoms with van der Waals surface area (Å²) in [4.78, 5) is 12.2. The first-order valence-corrected chi connectivity index (χ1v) is 8.70. The molecule has 0 unspecified atom stereocenters. The van der Waals surface area contributed by atoms with Crippen LogP contribution in [0, 0.1) is 0 Å². The Hall–Kier alpha value is -2.23. The van der Waals surface area contributed by atoms with Gasteiger partial charge in [0.25, 0.3) is 0 Å². The number of halogens is 1. The standard InChI is InChI=1S/C20H15ClO2S/c21-16-12-10-15(11-13-16)19(14-6-2-1-3-7-14)24-18-9-5-4-8-17(18)20(22)23/h1-13,19H,(H,22,23)/t19-/m0/s1. The molecule has 0 saturated carbocycles. The number of aromatic carboxylic acids is 1. The predicted molar refractivity (Wildman–Crippen MR) is 99.0 cm³/mol. The van der Waals surface area contributed by atoms with E-state index < -0.39 is 5.97 Å². The molecular formula is C20H15ClO2S. The fourth-order valence-corrected chi connectivity index (χ4v) is 3.87. The molecule has 120 valence electrons. The maximum atomic E-state index is 11.5. The van der Waals surface area contributed by atoms with Gasteiger partial charge in [-0.3, -0.25) is 0 Å². The molecule has 0 bridgehead atoms. The zero-order chi connectivity index (χ0) is 16.9. The molecule has 1 atom stereocenters. The van der Waals surface area contributed by atoms with Crippen LogP contribution in [-0.2, 0) is 0 Å². The number of benzene rings is 3. The molecule has 0 fully saturated rings. The lowest BCUT2D eigenvalue weighted by Crippen LogP contribution is -2.02. The first-order chi connectivity index (χ1) is 11.6. The quantitative estimate of drug-likeness (QED) is 0.578. The Labute approximate surface area is 150 Å². The number of rotatable bonds is 5. The summed E-state index contributed by atoms with van der Waals surface area (Å²) < 4.78 is 0. The van der Waals surface area contributed by atoms with Gasteiger partial charge in [-0.15, -0.1) is 11.8 Å². The molecule has 0 aliphatic rings. The van der Waals surface area contributed by atoms with Crippen molar-refractivity contribution >= 4 is 29.3 Å². The molecule has 0 radical (unpaired) electrons. The van der Waals surface area contributed by atoms with Gasteiger partial charge in [0.2, 0.25) is 0 Å². The average Bonchev–Trinajstić information content (AvgIpc) is 2.61. The van der Waals surface area contributed by atoms with Gasteiger partial charge in [0.1, 0.15) is 0 Å². The van der Waals surface area contributed by atoms with E-state index in [2.05, 4.69) is 12.1 Å². The highest BCUT2D eigenvalue weighted by molar-refractivity contribution is 7.99. The third kappa shape index (κ3) is 3.81. The van der Waals surface area contributed by atoms with Gasteiger partial charge in [0.15, 0.2) is 0 Å². The van der Waals surface area contributed by atoms with Gasteiger partial charge in [-0.2, -0.15) is 0 Å². The van der Waals surface area contributed by atoms with Crippen LogP contribution in [0.15, 0.2) is 83.8 Å². The van der Waals surface area contributed by atoms with Gasteiger partial charge in [0.05, 0.1) is 10.8 Å². The van der Waals surface area contributed by atoms with Crippen molar-refractivity contribution in [3.05, 3.63) is 101 Å². The highest BCUT2D eigenvalue weighted by Crippen LogP contribution is 2.41. The molecule has 3 rings (SSSR count). The van der Waals surface area contributed by atoms with Crippen molar-refractivity contribution in [3.63, 3.8) is 0 Å². The molecule has 0 spiro atoms. The molecule has 0 saturated heterocycles. The van der Waals surface area contributed by atoms with Crippen LogP contribution in [0.1, 0.15) is 26.7 Å². The summed E-state index contributed by atoms with van der Waals surface area (Å²) in [6, 6.07) is 24.8. The van der Waals surface area contributed by atoms with Crippen LogP contribution in [0.5, 0.6) is 0 Å². The third-order valence-electron chi connectivity index (χ3n) is 3.64. The summed E-state index contributed by atoms with van der Waals surface area (Å²) in [6.45, 7) is 0. The number of thioether (sulfide) groups is 1. The first kappa shape index (κ1) is 16.6. The Kier molecular flexibility index (Phi) is 5.24. The molecule has 0 heterocycles. The minimum absolute atomic E-state index is 0.0102. The summed E-state index contributed by atoms with van der Waals surface area (Å²) in [6.07, 6.45) is 0. The normalized spacial score (nSPS) is 11.9. The Bertz CT molecular complexity index is 832. The molecule has 0 amide bonds. The molecule has 3 aromatic carbocycles. The van der Waals surface area contributed by atoms with Crippen LogP contribution in [0.4, 0.5) is 0 Å². The lowest BCUT2D eigenvalue weighted by atomic mass is 10.0. The van der Waals surface area contributed by atoms with Crippen LogP contribution < -0.4 is 0 Å². The summed E-state index contributed by atoms with van der Waals surface area (Å²) in [5, 5.41) is 10.1. The largest absolute Gasteiger partial charge is 0.478 e. The van der Waals surface area contributed by atoms with Crippen molar-refractivity contribution in [2.45, 2.75) is 10.1 Å². The highest BCUT2D eigenvalue weighted by atomic mass is 35.5. The van der Waals surface area contributed by atoms with E-state index in [1.54, 1.807) is 12.1 Å². The average molecular weight is 355 g/mol. The maximum Gasteiger partial charge on any atom is 0.336 e. The fraction of sp³-hybridized carbons (Fsp3) is 0.0500. The van der Waals surface area contributed by atoms with Gasteiger partial charge in [0, 0.05) is 9.92 Å². The van der Waals surface area contributed by atoms with Gasteiger partial charge in [-0.05, 0) is 35.4 Å². The van der Waals surface area contributed by atoms with E-state index in [9.17, 15) is 9.90 Å². The van der Waals surface area contributed by atoms with Gasteiger partial charge in [-0.25, -0.2) is 4.79 Å². The van der Waals surface area contributed by atoms with Crippen molar-refractivity contribution < 1.29 is 9.90 Å². The summed E-state index contributed by atoms with van der Waals surface area (Å²) in [7, 11) is 0. The van der Waals surface area contributed by atoms with Gasteiger partial charge >= 0.3 is 5.97 Å². The minimum Gasteiger partial charge on any atom is -0.478 e. The zero-order valence-electron chi connectivity index (χ0n) is 12.7. The SMILES string of the molecule is O=C(O)c1ccccc1S[C@@H](c1ccccc1)c1ccc(Cl)cc1. The number of carboxylic acids is 1. The van der Waals surface area contributed by atoms with Gasteiger partial charge < -0.3 is 5.11 Å². The highest BCUT2D eigenvalue weighted by Gasteiger charge is 2.19. The molecule has 4 heteroatoms. The monoisotopic (exact) mass is 354 g/mol. The topological polar surface area (TPSA) is 37.3 Å². The van der Waals surface area contributed by atoms with Crippen molar-refractivity contribution in [3.8, 4) is 0 Å². The Morgan fingerprint density at radius 2 is 1.42 bits per heavy atom. The molecular weight excluding hydrogens is 340 g/mol. The number of hydrogen-bond donors (Lipinski definition) is 1. The number of carbonyl (C=O) groups is 1. The smallest absolute Gasteiger partial charge is 0.336 e. The van der Waals surface area contributed by atoms with Crippen LogP contribution in [0.3, 0.4) is 0 Å². The minimum atomic E-state index is -0.916. The molecule has 2 nitrogen and oxygen atoms in total. The Balaban J connectivity index is 2.03. The van der Waals surface area contributed by atoms with E-state index in [-0.39, 0.29) is 5.25 Å². The molecule has 0 aromatic heterocycles. The van der Waals surface area contributed by atoms with E-state index in [1.807, 2.05) is 54.6 Å². The fourth-order valence-electron chi connectivity index (χ4n) is 2.47. The molecule has 1 N–H and O–H groups in total. The van der Waals surface area contributed by atoms with Gasteiger partial charge in [-0.1, -0.05) is 66.2 Å². The maximum absolute atomic E-state index is 11.5. The second-order valence-electron chi connectivity index (χ2n) is 5.26. The molecule has 0 aliphatic heterocycles. The third-order valence-corrected chi connectivity index (χ3v) is 5.28. The van der Waals surface area contributed by atoms with Crippen LogP contribution in [0.2, 0.25) is 5.02 Å². The molecule has 24 heavy (non-hydrogen) atoms. The van der Waals surface area contributed by atoms with Crippen LogP contribution >= 0.6 is 23.4 Å². The van der Waals surface area contributed by atoms with E-state index >= 15 is 0 Å². The van der Waals surface area contributed by atoms with Crippen LogP contribution in [-0.4, -0.2) is 11.1 Å². The second kappa shape index (κ2) is 7.56. The number of hydrogen-bond acceptors (Lipinski definition) is 2. The van der Waals surface area contributed by atoms with Crippen molar-refractivity contribution in [1.29, 1.82) is 0 Å². The molecule has 3 aromatic rings. The van der Waals surface area contributed by atoms with Crippen molar-refractivity contribution in [2.24, 2.45) is 0 Å². The lowest BCUT2D eigenvalue weighted by Gasteiger charge is -2.19. The summed E-state index contributed by atoms with van der Waals surface area (Å²) >= 11 is 7.54. The summed E-state index contributed by atoms with van der Waals surface area (Å²) in [5.41, 5.74) is 2.51. The van der Waals surface area contributed by atoms with Crippen molar-refractivity contribution in [1.82, 2.24) is 0 Å². The second-order valence-corrected chi connectivity index (χ2v) is 6.84.